The number of likely N-dealkylation sites (N-methyl/N-ethyl adjacent to an activating group) is 1. The molecule has 0 aromatic rings. The predicted octanol–water partition coefficient (Wildman–Crippen LogP) is -0.194. The molecular formula is C10H21N3O. The fourth-order valence-corrected chi connectivity index (χ4v) is 1.70. The number of rotatable bonds is 6. The highest BCUT2D eigenvalue weighted by Gasteiger charge is 2.22. The van der Waals surface area contributed by atoms with Gasteiger partial charge in [-0.1, -0.05) is 6.92 Å². The van der Waals surface area contributed by atoms with Crippen LogP contribution in [0.15, 0.2) is 0 Å². The fraction of sp³-hybridized carbons (Fsp3) is 0.900. The summed E-state index contributed by atoms with van der Waals surface area (Å²) in [5, 5.41) is 5.91. The molecule has 1 amide bonds. The lowest BCUT2D eigenvalue weighted by Crippen LogP contribution is -2.57. The van der Waals surface area contributed by atoms with Crippen molar-refractivity contribution in [2.24, 2.45) is 0 Å². The minimum absolute atomic E-state index is 0.146. The zero-order chi connectivity index (χ0) is 10.4. The van der Waals surface area contributed by atoms with Crippen LogP contribution in [0.3, 0.4) is 0 Å². The maximum absolute atomic E-state index is 11.0. The second-order valence-electron chi connectivity index (χ2n) is 3.72. The maximum atomic E-state index is 11.0. The van der Waals surface area contributed by atoms with Gasteiger partial charge in [-0.3, -0.25) is 9.69 Å². The summed E-state index contributed by atoms with van der Waals surface area (Å²) in [6.45, 7) is 6.51. The second-order valence-corrected chi connectivity index (χ2v) is 3.72. The smallest absolute Gasteiger partial charge is 0.219 e. The fourth-order valence-electron chi connectivity index (χ4n) is 1.70. The molecule has 14 heavy (non-hydrogen) atoms. The minimum Gasteiger partial charge on any atom is -0.359 e. The largest absolute Gasteiger partial charge is 0.359 e. The molecule has 1 aliphatic heterocycles. The van der Waals surface area contributed by atoms with E-state index in [9.17, 15) is 4.79 Å². The van der Waals surface area contributed by atoms with Crippen molar-refractivity contribution in [3.63, 3.8) is 0 Å². The van der Waals surface area contributed by atoms with E-state index in [1.54, 1.807) is 7.05 Å². The van der Waals surface area contributed by atoms with Crippen LogP contribution in [-0.4, -0.2) is 50.1 Å². The molecule has 2 N–H and O–H groups in total. The third-order valence-corrected chi connectivity index (χ3v) is 2.81. The standard InChI is InChI=1S/C10H21N3O/c1-3-13(9-7-12-8-9)6-4-5-10(14)11-2/h9,12H,3-8H2,1-2H3,(H,11,14). The Labute approximate surface area is 86.0 Å². The zero-order valence-corrected chi connectivity index (χ0v) is 9.18. The van der Waals surface area contributed by atoms with Crippen molar-refractivity contribution >= 4 is 5.91 Å². The van der Waals surface area contributed by atoms with Gasteiger partial charge in [0.25, 0.3) is 0 Å². The molecule has 4 heteroatoms. The average molecular weight is 199 g/mol. The molecule has 0 saturated carbocycles. The molecule has 0 unspecified atom stereocenters. The Kier molecular flexibility index (Phi) is 4.90. The van der Waals surface area contributed by atoms with E-state index in [1.807, 2.05) is 0 Å². The summed E-state index contributed by atoms with van der Waals surface area (Å²) < 4.78 is 0. The average Bonchev–Trinajstić information content (AvgIpc) is 2.13. The molecule has 1 aliphatic rings. The first kappa shape index (κ1) is 11.5. The van der Waals surface area contributed by atoms with E-state index in [-0.39, 0.29) is 5.91 Å². The summed E-state index contributed by atoms with van der Waals surface area (Å²) >= 11 is 0. The van der Waals surface area contributed by atoms with Crippen molar-refractivity contribution in [3.8, 4) is 0 Å². The molecule has 1 fully saturated rings. The van der Waals surface area contributed by atoms with E-state index in [2.05, 4.69) is 22.5 Å². The monoisotopic (exact) mass is 199 g/mol. The number of carbonyl (C=O) groups is 1. The molecule has 0 atom stereocenters. The zero-order valence-electron chi connectivity index (χ0n) is 9.18. The van der Waals surface area contributed by atoms with Gasteiger partial charge in [-0.2, -0.15) is 0 Å². The van der Waals surface area contributed by atoms with Crippen molar-refractivity contribution in [1.82, 2.24) is 15.5 Å². The van der Waals surface area contributed by atoms with Crippen molar-refractivity contribution in [2.45, 2.75) is 25.8 Å². The molecule has 0 aromatic carbocycles. The van der Waals surface area contributed by atoms with Crippen LogP contribution in [0.1, 0.15) is 19.8 Å². The highest BCUT2D eigenvalue weighted by molar-refractivity contribution is 5.75. The SMILES string of the molecule is CCN(CCCC(=O)NC)C1CNC1. The Morgan fingerprint density at radius 1 is 1.57 bits per heavy atom. The first-order chi connectivity index (χ1) is 6.77. The summed E-state index contributed by atoms with van der Waals surface area (Å²) in [4.78, 5) is 13.4. The topological polar surface area (TPSA) is 44.4 Å². The van der Waals surface area contributed by atoms with Gasteiger partial charge in [-0.15, -0.1) is 0 Å². The predicted molar refractivity (Wildman–Crippen MR) is 57.2 cm³/mol. The highest BCUT2D eigenvalue weighted by atomic mass is 16.1. The Bertz CT molecular complexity index is 180. The molecule has 0 spiro atoms. The first-order valence-electron chi connectivity index (χ1n) is 5.43. The number of nitrogens with zero attached hydrogens (tertiary/aromatic N) is 1. The third kappa shape index (κ3) is 3.27. The van der Waals surface area contributed by atoms with Crippen LogP contribution in [0.5, 0.6) is 0 Å². The normalized spacial score (nSPS) is 16.8. The van der Waals surface area contributed by atoms with Crippen LogP contribution in [0, 0.1) is 0 Å². The van der Waals surface area contributed by atoms with E-state index in [0.717, 1.165) is 32.6 Å². The van der Waals surface area contributed by atoms with Crippen LogP contribution < -0.4 is 10.6 Å². The summed E-state index contributed by atoms with van der Waals surface area (Å²) in [6.07, 6.45) is 1.61. The second kappa shape index (κ2) is 5.98. The Morgan fingerprint density at radius 2 is 2.29 bits per heavy atom. The number of hydrogen-bond acceptors (Lipinski definition) is 3. The number of nitrogens with one attached hydrogen (secondary N) is 2. The molecule has 0 bridgehead atoms. The summed E-state index contributed by atoms with van der Waals surface area (Å²) in [5.74, 6) is 0.146. The summed E-state index contributed by atoms with van der Waals surface area (Å²) in [7, 11) is 1.69. The lowest BCUT2D eigenvalue weighted by Gasteiger charge is -2.37. The molecule has 82 valence electrons. The third-order valence-electron chi connectivity index (χ3n) is 2.81. The van der Waals surface area contributed by atoms with Gasteiger partial charge in [0.15, 0.2) is 0 Å². The van der Waals surface area contributed by atoms with Gasteiger partial charge in [0.2, 0.25) is 5.91 Å². The molecule has 1 rings (SSSR count). The van der Waals surface area contributed by atoms with Crippen LogP contribution in [0.2, 0.25) is 0 Å². The van der Waals surface area contributed by atoms with E-state index in [0.29, 0.717) is 12.5 Å². The lowest BCUT2D eigenvalue weighted by molar-refractivity contribution is -0.120. The van der Waals surface area contributed by atoms with Crippen molar-refractivity contribution < 1.29 is 4.79 Å². The van der Waals surface area contributed by atoms with E-state index < -0.39 is 0 Å². The van der Waals surface area contributed by atoms with Gasteiger partial charge >= 0.3 is 0 Å². The molecule has 4 nitrogen and oxygen atoms in total. The van der Waals surface area contributed by atoms with Gasteiger partial charge in [0, 0.05) is 32.6 Å². The number of hydrogen-bond donors (Lipinski definition) is 2. The maximum Gasteiger partial charge on any atom is 0.219 e. The van der Waals surface area contributed by atoms with Gasteiger partial charge < -0.3 is 10.6 Å². The minimum atomic E-state index is 0.146. The first-order valence-corrected chi connectivity index (χ1v) is 5.43. The molecular weight excluding hydrogens is 178 g/mol. The van der Waals surface area contributed by atoms with Crippen LogP contribution in [0.4, 0.5) is 0 Å². The van der Waals surface area contributed by atoms with Gasteiger partial charge in [-0.05, 0) is 19.5 Å². The molecule has 0 aromatic heterocycles. The van der Waals surface area contributed by atoms with E-state index >= 15 is 0 Å². The number of amides is 1. The molecule has 0 aliphatic carbocycles. The van der Waals surface area contributed by atoms with Crippen molar-refractivity contribution in [3.05, 3.63) is 0 Å². The van der Waals surface area contributed by atoms with Crippen LogP contribution in [-0.2, 0) is 4.79 Å². The van der Waals surface area contributed by atoms with Crippen LogP contribution >= 0.6 is 0 Å². The van der Waals surface area contributed by atoms with E-state index in [1.165, 1.54) is 0 Å². The van der Waals surface area contributed by atoms with Crippen molar-refractivity contribution in [2.75, 3.05) is 33.2 Å². The lowest BCUT2D eigenvalue weighted by atomic mass is 10.1. The van der Waals surface area contributed by atoms with Crippen LogP contribution in [0.25, 0.3) is 0 Å². The Balaban J connectivity index is 2.10. The quantitative estimate of drug-likeness (QED) is 0.623. The summed E-state index contributed by atoms with van der Waals surface area (Å²) in [6, 6.07) is 0.699. The van der Waals surface area contributed by atoms with Gasteiger partial charge in [0.1, 0.15) is 0 Å². The van der Waals surface area contributed by atoms with Crippen molar-refractivity contribution in [1.29, 1.82) is 0 Å². The van der Waals surface area contributed by atoms with Gasteiger partial charge in [0.05, 0.1) is 0 Å². The Hall–Kier alpha value is -0.610. The molecule has 1 heterocycles. The van der Waals surface area contributed by atoms with E-state index in [4.69, 9.17) is 0 Å². The summed E-state index contributed by atoms with van der Waals surface area (Å²) in [5.41, 5.74) is 0. The number of carbonyl (C=O) groups excluding carboxylic acids is 1. The molecule has 1 saturated heterocycles. The molecule has 0 radical (unpaired) electrons. The Morgan fingerprint density at radius 3 is 2.71 bits per heavy atom. The highest BCUT2D eigenvalue weighted by Crippen LogP contribution is 2.06. The van der Waals surface area contributed by atoms with Gasteiger partial charge in [-0.25, -0.2) is 0 Å².